The highest BCUT2D eigenvalue weighted by molar-refractivity contribution is 6.31. The van der Waals surface area contributed by atoms with Gasteiger partial charge in [-0.25, -0.2) is 4.39 Å². The first-order chi connectivity index (χ1) is 15.9. The first-order valence-corrected chi connectivity index (χ1v) is 11.9. The third-order valence-electron chi connectivity index (χ3n) is 6.55. The van der Waals surface area contributed by atoms with Crippen molar-refractivity contribution in [2.24, 2.45) is 5.92 Å². The highest BCUT2D eigenvalue weighted by Gasteiger charge is 2.30. The van der Waals surface area contributed by atoms with Gasteiger partial charge in [0, 0.05) is 49.9 Å². The molecule has 2 aromatic carbocycles. The van der Waals surface area contributed by atoms with Crippen LogP contribution in [0, 0.1) is 11.7 Å². The Morgan fingerprint density at radius 2 is 1.79 bits per heavy atom. The molecular weight excluding hydrogens is 443 g/mol. The van der Waals surface area contributed by atoms with Gasteiger partial charge in [0.05, 0.1) is 17.3 Å². The Labute approximate surface area is 199 Å². The highest BCUT2D eigenvalue weighted by Crippen LogP contribution is 2.31. The summed E-state index contributed by atoms with van der Waals surface area (Å²) in [5.74, 6) is -0.977. The highest BCUT2D eigenvalue weighted by atomic mass is 35.5. The zero-order chi connectivity index (χ0) is 23.4. The number of carbonyl (C=O) groups excluding carboxylic acids is 2. The van der Waals surface area contributed by atoms with Gasteiger partial charge in [0.1, 0.15) is 5.82 Å². The molecule has 0 saturated carbocycles. The summed E-state index contributed by atoms with van der Waals surface area (Å²) in [5.41, 5.74) is 2.11. The van der Waals surface area contributed by atoms with Gasteiger partial charge in [0.25, 0.3) is 5.91 Å². The van der Waals surface area contributed by atoms with E-state index in [1.165, 1.54) is 24.3 Å². The minimum atomic E-state index is -0.379. The number of likely N-dealkylation sites (N-methyl/N-ethyl adjacent to an activating group) is 1. The van der Waals surface area contributed by atoms with Crippen molar-refractivity contribution in [1.29, 1.82) is 0 Å². The molecule has 2 saturated heterocycles. The molecule has 2 aliphatic rings. The van der Waals surface area contributed by atoms with Gasteiger partial charge in [-0.1, -0.05) is 18.5 Å². The van der Waals surface area contributed by atoms with Crippen LogP contribution >= 0.6 is 11.6 Å². The van der Waals surface area contributed by atoms with Gasteiger partial charge in [0.15, 0.2) is 0 Å². The summed E-state index contributed by atoms with van der Waals surface area (Å²) >= 11 is 6.26. The molecule has 2 heterocycles. The molecule has 2 aromatic rings. The van der Waals surface area contributed by atoms with Crippen molar-refractivity contribution in [1.82, 2.24) is 9.80 Å². The van der Waals surface area contributed by atoms with E-state index in [0.29, 0.717) is 35.8 Å². The van der Waals surface area contributed by atoms with Crippen molar-refractivity contribution >= 4 is 34.8 Å². The normalized spacial score (nSPS) is 19.4. The smallest absolute Gasteiger partial charge is 0.253 e. The average molecular weight is 473 g/mol. The number of carbonyl (C=O) groups is 2. The molecule has 1 unspecified atom stereocenters. The van der Waals surface area contributed by atoms with E-state index < -0.39 is 0 Å². The van der Waals surface area contributed by atoms with E-state index in [1.807, 2.05) is 12.1 Å². The number of halogens is 2. The number of likely N-dealkylation sites (tertiary alicyclic amines) is 1. The lowest BCUT2D eigenvalue weighted by Gasteiger charge is -2.37. The first kappa shape index (κ1) is 23.5. The number of nitrogens with zero attached hydrogens (tertiary/aromatic N) is 3. The van der Waals surface area contributed by atoms with Crippen molar-refractivity contribution in [3.63, 3.8) is 0 Å². The Morgan fingerprint density at radius 3 is 2.48 bits per heavy atom. The van der Waals surface area contributed by atoms with Gasteiger partial charge < -0.3 is 20.0 Å². The molecule has 6 nitrogen and oxygen atoms in total. The minimum Gasteiger partial charge on any atom is -0.367 e. The Bertz CT molecular complexity index is 992. The van der Waals surface area contributed by atoms with Crippen molar-refractivity contribution < 1.29 is 14.0 Å². The van der Waals surface area contributed by atoms with Crippen LogP contribution in [0.2, 0.25) is 5.02 Å². The van der Waals surface area contributed by atoms with E-state index in [-0.39, 0.29) is 23.5 Å². The standard InChI is InChI=1S/C25H30ClFN4O2/c1-2-29-12-14-30(15-13-29)23-10-7-20(26)16-22(23)28-24(32)19-4-3-11-31(17-19)25(33)18-5-8-21(27)9-6-18/h5-10,16,19H,2-4,11-15,17H2,1H3,(H,28,32). The quantitative estimate of drug-likeness (QED) is 0.711. The van der Waals surface area contributed by atoms with Crippen LogP contribution in [0.1, 0.15) is 30.1 Å². The number of piperazine rings is 1. The Morgan fingerprint density at radius 1 is 1.06 bits per heavy atom. The van der Waals surface area contributed by atoms with Crippen LogP contribution in [-0.2, 0) is 4.79 Å². The van der Waals surface area contributed by atoms with Crippen molar-refractivity contribution in [3.05, 3.63) is 58.9 Å². The minimum absolute atomic E-state index is 0.109. The fraction of sp³-hybridized carbons (Fsp3) is 0.440. The monoisotopic (exact) mass is 472 g/mol. The topological polar surface area (TPSA) is 55.9 Å². The van der Waals surface area contributed by atoms with Crippen LogP contribution in [0.15, 0.2) is 42.5 Å². The summed E-state index contributed by atoms with van der Waals surface area (Å²) in [6.07, 6.45) is 1.45. The maximum absolute atomic E-state index is 13.2. The summed E-state index contributed by atoms with van der Waals surface area (Å²) in [6.45, 7) is 7.87. The Balaban J connectivity index is 1.44. The lowest BCUT2D eigenvalue weighted by atomic mass is 9.96. The van der Waals surface area contributed by atoms with Gasteiger partial charge in [-0.05, 0) is 61.9 Å². The lowest BCUT2D eigenvalue weighted by Crippen LogP contribution is -2.46. The number of hydrogen-bond donors (Lipinski definition) is 1. The van der Waals surface area contributed by atoms with Crippen LogP contribution in [0.3, 0.4) is 0 Å². The van der Waals surface area contributed by atoms with Crippen LogP contribution in [-0.4, -0.2) is 67.4 Å². The molecule has 2 aliphatic heterocycles. The van der Waals surface area contributed by atoms with Crippen LogP contribution < -0.4 is 10.2 Å². The summed E-state index contributed by atoms with van der Waals surface area (Å²) in [5, 5.41) is 3.65. The molecule has 0 bridgehead atoms. The SMILES string of the molecule is CCN1CCN(c2ccc(Cl)cc2NC(=O)C2CCCN(C(=O)c3ccc(F)cc3)C2)CC1. The molecule has 33 heavy (non-hydrogen) atoms. The van der Waals surface area contributed by atoms with Crippen molar-refractivity contribution in [3.8, 4) is 0 Å². The van der Waals surface area contributed by atoms with E-state index in [4.69, 9.17) is 11.6 Å². The van der Waals surface area contributed by atoms with Gasteiger partial charge in [-0.2, -0.15) is 0 Å². The third-order valence-corrected chi connectivity index (χ3v) is 6.78. The molecule has 1 N–H and O–H groups in total. The van der Waals surface area contributed by atoms with Gasteiger partial charge in [0.2, 0.25) is 5.91 Å². The molecule has 0 radical (unpaired) electrons. The summed E-state index contributed by atoms with van der Waals surface area (Å²) in [7, 11) is 0. The molecule has 176 valence electrons. The fourth-order valence-electron chi connectivity index (χ4n) is 4.57. The zero-order valence-electron chi connectivity index (χ0n) is 18.9. The van der Waals surface area contributed by atoms with E-state index in [9.17, 15) is 14.0 Å². The maximum atomic E-state index is 13.2. The van der Waals surface area contributed by atoms with E-state index in [0.717, 1.165) is 44.8 Å². The molecule has 2 fully saturated rings. The predicted octanol–water partition coefficient (Wildman–Crippen LogP) is 4.11. The number of amides is 2. The first-order valence-electron chi connectivity index (χ1n) is 11.6. The van der Waals surface area contributed by atoms with Crippen LogP contribution in [0.25, 0.3) is 0 Å². The third kappa shape index (κ3) is 5.65. The molecule has 4 rings (SSSR count). The number of hydrogen-bond acceptors (Lipinski definition) is 4. The maximum Gasteiger partial charge on any atom is 0.253 e. The second-order valence-corrected chi connectivity index (χ2v) is 9.11. The lowest BCUT2D eigenvalue weighted by molar-refractivity contribution is -0.121. The molecule has 0 aliphatic carbocycles. The number of rotatable bonds is 5. The molecule has 0 spiro atoms. The number of piperidine rings is 1. The molecule has 8 heteroatoms. The van der Waals surface area contributed by atoms with Gasteiger partial charge >= 0.3 is 0 Å². The second-order valence-electron chi connectivity index (χ2n) is 8.67. The van der Waals surface area contributed by atoms with Crippen LogP contribution in [0.5, 0.6) is 0 Å². The zero-order valence-corrected chi connectivity index (χ0v) is 19.7. The number of nitrogens with one attached hydrogen (secondary N) is 1. The van der Waals surface area contributed by atoms with E-state index >= 15 is 0 Å². The summed E-state index contributed by atoms with van der Waals surface area (Å²) in [6, 6.07) is 11.1. The van der Waals surface area contributed by atoms with E-state index in [2.05, 4.69) is 22.0 Å². The Hall–Kier alpha value is -2.64. The fourth-order valence-corrected chi connectivity index (χ4v) is 4.75. The molecular formula is C25H30ClFN4O2. The second kappa shape index (κ2) is 10.5. The summed E-state index contributed by atoms with van der Waals surface area (Å²) in [4.78, 5) is 32.4. The summed E-state index contributed by atoms with van der Waals surface area (Å²) < 4.78 is 13.2. The number of anilines is 2. The van der Waals surface area contributed by atoms with Gasteiger partial charge in [-0.15, -0.1) is 0 Å². The average Bonchev–Trinajstić information content (AvgIpc) is 2.84. The van der Waals surface area contributed by atoms with Crippen molar-refractivity contribution in [2.45, 2.75) is 19.8 Å². The van der Waals surface area contributed by atoms with Crippen molar-refractivity contribution in [2.75, 3.05) is 56.0 Å². The molecule has 0 aromatic heterocycles. The largest absolute Gasteiger partial charge is 0.367 e. The van der Waals surface area contributed by atoms with E-state index in [1.54, 1.807) is 11.0 Å². The Kier molecular flexibility index (Phi) is 7.50. The van der Waals surface area contributed by atoms with Gasteiger partial charge in [-0.3, -0.25) is 9.59 Å². The predicted molar refractivity (Wildman–Crippen MR) is 129 cm³/mol. The molecule has 2 amide bonds. The van der Waals surface area contributed by atoms with Crippen LogP contribution in [0.4, 0.5) is 15.8 Å². The molecule has 1 atom stereocenters. The number of benzene rings is 2.